The molecular weight excluding hydrogens is 424 g/mol. The van der Waals surface area contributed by atoms with E-state index >= 15 is 0 Å². The summed E-state index contributed by atoms with van der Waals surface area (Å²) in [7, 11) is 0. The quantitative estimate of drug-likeness (QED) is 0.590. The van der Waals surface area contributed by atoms with Gasteiger partial charge in [-0.15, -0.1) is 0 Å². The first-order chi connectivity index (χ1) is 16.4. The number of carbonyl (C=O) groups is 1. The topological polar surface area (TPSA) is 58.6 Å². The Labute approximate surface area is 201 Å². The van der Waals surface area contributed by atoms with Crippen LogP contribution in [0.15, 0.2) is 54.7 Å². The number of nitrogens with zero attached hydrogens (tertiary/aromatic N) is 4. The molecule has 2 aliphatic rings. The number of hydrogen-bond acceptors (Lipinski definition) is 5. The maximum atomic E-state index is 12.8. The van der Waals surface area contributed by atoms with Crippen LogP contribution in [0.25, 0.3) is 0 Å². The van der Waals surface area contributed by atoms with Gasteiger partial charge in [0.1, 0.15) is 0 Å². The van der Waals surface area contributed by atoms with E-state index in [1.54, 1.807) is 4.90 Å². The summed E-state index contributed by atoms with van der Waals surface area (Å²) in [5.74, 6) is 0.184. The number of aryl methyl sites for hydroxylation is 1. The summed E-state index contributed by atoms with van der Waals surface area (Å²) >= 11 is 0. The average Bonchev–Trinajstić information content (AvgIpc) is 2.88. The zero-order valence-corrected chi connectivity index (χ0v) is 20.3. The second kappa shape index (κ2) is 9.18. The summed E-state index contributed by atoms with van der Waals surface area (Å²) in [6.45, 7) is 10.6. The predicted molar refractivity (Wildman–Crippen MR) is 133 cm³/mol. The van der Waals surface area contributed by atoms with Gasteiger partial charge >= 0.3 is 0 Å². The van der Waals surface area contributed by atoms with E-state index in [2.05, 4.69) is 84.2 Å². The molecule has 0 unspecified atom stereocenters. The van der Waals surface area contributed by atoms with Gasteiger partial charge in [0.25, 0.3) is 5.91 Å². The molecular formula is C28H32N4O2. The van der Waals surface area contributed by atoms with Gasteiger partial charge in [0.05, 0.1) is 25.5 Å². The lowest BCUT2D eigenvalue weighted by Gasteiger charge is -2.31. The fourth-order valence-corrected chi connectivity index (χ4v) is 4.76. The molecule has 1 amide bonds. The van der Waals surface area contributed by atoms with Gasteiger partial charge in [-0.25, -0.2) is 9.97 Å². The number of amides is 1. The number of aromatic nitrogens is 2. The van der Waals surface area contributed by atoms with Gasteiger partial charge in [0.2, 0.25) is 5.82 Å². The standard InChI is InChI=1S/C28H32N4O2/c1-20-4-6-22(7-5-20)28(2,3)23-8-10-24(11-9-23)32-13-12-21-18-29-26(30-25(21)19-32)27(33)31-14-16-34-17-15-31/h4-11,18H,12-17,19H2,1-3H3. The maximum absolute atomic E-state index is 12.8. The fourth-order valence-electron chi connectivity index (χ4n) is 4.76. The van der Waals surface area contributed by atoms with E-state index in [0.29, 0.717) is 32.8 Å². The van der Waals surface area contributed by atoms with Gasteiger partial charge in [0, 0.05) is 36.9 Å². The second-order valence-corrected chi connectivity index (χ2v) is 9.78. The molecule has 0 bridgehead atoms. The first kappa shape index (κ1) is 22.5. The average molecular weight is 457 g/mol. The fraction of sp³-hybridized carbons (Fsp3) is 0.393. The third-order valence-corrected chi connectivity index (χ3v) is 7.16. The number of benzene rings is 2. The summed E-state index contributed by atoms with van der Waals surface area (Å²) in [5, 5.41) is 0. The number of morpholine rings is 1. The lowest BCUT2D eigenvalue weighted by molar-refractivity contribution is 0.0294. The highest BCUT2D eigenvalue weighted by Crippen LogP contribution is 2.33. The SMILES string of the molecule is Cc1ccc(C(C)(C)c2ccc(N3CCc4cnc(C(=O)N5CCOCC5)nc4C3)cc2)cc1. The molecule has 34 heavy (non-hydrogen) atoms. The lowest BCUT2D eigenvalue weighted by Crippen LogP contribution is -2.41. The molecule has 0 aliphatic carbocycles. The normalized spacial score (nSPS) is 16.3. The first-order valence-electron chi connectivity index (χ1n) is 12.1. The van der Waals surface area contributed by atoms with Crippen LogP contribution in [0.1, 0.15) is 52.4 Å². The van der Waals surface area contributed by atoms with Crippen LogP contribution < -0.4 is 4.90 Å². The third kappa shape index (κ3) is 4.42. The van der Waals surface area contributed by atoms with Crippen molar-refractivity contribution in [2.75, 3.05) is 37.7 Å². The molecule has 0 atom stereocenters. The molecule has 0 saturated carbocycles. The highest BCUT2D eigenvalue weighted by atomic mass is 16.5. The van der Waals surface area contributed by atoms with Crippen molar-refractivity contribution in [2.24, 2.45) is 0 Å². The number of anilines is 1. The monoisotopic (exact) mass is 456 g/mol. The van der Waals surface area contributed by atoms with E-state index in [4.69, 9.17) is 4.74 Å². The minimum atomic E-state index is -0.106. The highest BCUT2D eigenvalue weighted by molar-refractivity contribution is 5.90. The van der Waals surface area contributed by atoms with Crippen LogP contribution in [0, 0.1) is 6.92 Å². The van der Waals surface area contributed by atoms with Gasteiger partial charge in [0.15, 0.2) is 0 Å². The van der Waals surface area contributed by atoms with Crippen molar-refractivity contribution in [3.63, 3.8) is 0 Å². The van der Waals surface area contributed by atoms with Crippen molar-refractivity contribution in [2.45, 2.75) is 39.2 Å². The molecule has 176 valence electrons. The van der Waals surface area contributed by atoms with E-state index in [1.807, 2.05) is 6.20 Å². The molecule has 1 saturated heterocycles. The Hall–Kier alpha value is -3.25. The predicted octanol–water partition coefficient (Wildman–Crippen LogP) is 4.15. The van der Waals surface area contributed by atoms with Crippen molar-refractivity contribution in [1.29, 1.82) is 0 Å². The van der Waals surface area contributed by atoms with Gasteiger partial charge in [-0.3, -0.25) is 4.79 Å². The van der Waals surface area contributed by atoms with Crippen LogP contribution in [-0.2, 0) is 23.1 Å². The number of ether oxygens (including phenoxy) is 1. The first-order valence-corrected chi connectivity index (χ1v) is 12.1. The molecule has 2 aromatic carbocycles. The molecule has 5 rings (SSSR count). The molecule has 1 aromatic heterocycles. The summed E-state index contributed by atoms with van der Waals surface area (Å²) in [6.07, 6.45) is 2.71. The molecule has 6 nitrogen and oxygen atoms in total. The molecule has 0 radical (unpaired) electrons. The molecule has 3 heterocycles. The van der Waals surface area contributed by atoms with Crippen LogP contribution in [0.4, 0.5) is 5.69 Å². The van der Waals surface area contributed by atoms with Crippen molar-refractivity contribution in [3.8, 4) is 0 Å². The Kier molecular flexibility index (Phi) is 6.09. The van der Waals surface area contributed by atoms with Crippen LogP contribution >= 0.6 is 0 Å². The van der Waals surface area contributed by atoms with Gasteiger partial charge in [-0.1, -0.05) is 55.8 Å². The number of rotatable bonds is 4. The number of hydrogen-bond donors (Lipinski definition) is 0. The van der Waals surface area contributed by atoms with Crippen LogP contribution in [-0.4, -0.2) is 53.6 Å². The van der Waals surface area contributed by atoms with Crippen molar-refractivity contribution >= 4 is 11.6 Å². The smallest absolute Gasteiger partial charge is 0.291 e. The summed E-state index contributed by atoms with van der Waals surface area (Å²) in [4.78, 5) is 26.0. The maximum Gasteiger partial charge on any atom is 0.291 e. The summed E-state index contributed by atoms with van der Waals surface area (Å²) in [5.41, 5.74) is 7.06. The number of carbonyl (C=O) groups excluding carboxylic acids is 1. The molecule has 0 spiro atoms. The highest BCUT2D eigenvalue weighted by Gasteiger charge is 2.26. The molecule has 3 aromatic rings. The van der Waals surface area contributed by atoms with Crippen LogP contribution in [0.5, 0.6) is 0 Å². The second-order valence-electron chi connectivity index (χ2n) is 9.78. The van der Waals surface area contributed by atoms with Crippen molar-refractivity contribution in [1.82, 2.24) is 14.9 Å². The third-order valence-electron chi connectivity index (χ3n) is 7.16. The van der Waals surface area contributed by atoms with Crippen molar-refractivity contribution in [3.05, 3.63) is 88.5 Å². The van der Waals surface area contributed by atoms with Crippen LogP contribution in [0.2, 0.25) is 0 Å². The Morgan fingerprint density at radius 3 is 2.26 bits per heavy atom. The zero-order valence-electron chi connectivity index (χ0n) is 20.3. The van der Waals surface area contributed by atoms with E-state index in [1.165, 1.54) is 22.4 Å². The van der Waals surface area contributed by atoms with Crippen LogP contribution in [0.3, 0.4) is 0 Å². The summed E-state index contributed by atoms with van der Waals surface area (Å²) < 4.78 is 5.36. The van der Waals surface area contributed by atoms with Gasteiger partial charge < -0.3 is 14.5 Å². The van der Waals surface area contributed by atoms with Gasteiger partial charge in [-0.05, 0) is 42.2 Å². The van der Waals surface area contributed by atoms with E-state index in [-0.39, 0.29) is 17.1 Å². The molecule has 6 heteroatoms. The summed E-state index contributed by atoms with van der Waals surface area (Å²) in [6, 6.07) is 17.7. The van der Waals surface area contributed by atoms with E-state index in [0.717, 1.165) is 24.2 Å². The van der Waals surface area contributed by atoms with Crippen molar-refractivity contribution < 1.29 is 9.53 Å². The molecule has 2 aliphatic heterocycles. The van der Waals surface area contributed by atoms with E-state index < -0.39 is 0 Å². The molecule has 1 fully saturated rings. The zero-order chi connectivity index (χ0) is 23.7. The Bertz CT molecular complexity index is 1170. The largest absolute Gasteiger partial charge is 0.378 e. The molecule has 0 N–H and O–H groups in total. The lowest BCUT2D eigenvalue weighted by atomic mass is 9.78. The Morgan fingerprint density at radius 2 is 1.59 bits per heavy atom. The Balaban J connectivity index is 1.32. The number of fused-ring (bicyclic) bond motifs is 1. The minimum absolute atomic E-state index is 0.0668. The van der Waals surface area contributed by atoms with E-state index in [9.17, 15) is 4.79 Å². The Morgan fingerprint density at radius 1 is 0.941 bits per heavy atom. The minimum Gasteiger partial charge on any atom is -0.378 e. The van der Waals surface area contributed by atoms with Gasteiger partial charge in [-0.2, -0.15) is 0 Å².